The first kappa shape index (κ1) is 13.2. The molecule has 0 spiro atoms. The summed E-state index contributed by atoms with van der Waals surface area (Å²) < 4.78 is 4.94. The highest BCUT2D eigenvalue weighted by Gasteiger charge is 2.22. The third kappa shape index (κ3) is 3.62. The maximum absolute atomic E-state index is 11.9. The van der Waals surface area contributed by atoms with Crippen LogP contribution in [0.2, 0.25) is 0 Å². The first-order valence-corrected chi connectivity index (χ1v) is 6.97. The van der Waals surface area contributed by atoms with Gasteiger partial charge in [-0.05, 0) is 19.3 Å². The second kappa shape index (κ2) is 6.61. The van der Waals surface area contributed by atoms with Gasteiger partial charge in [-0.25, -0.2) is 4.79 Å². The van der Waals surface area contributed by atoms with E-state index in [-0.39, 0.29) is 17.9 Å². The van der Waals surface area contributed by atoms with E-state index in [2.05, 4.69) is 5.32 Å². The lowest BCUT2D eigenvalue weighted by atomic mass is 9.89. The van der Waals surface area contributed by atoms with Gasteiger partial charge in [0.2, 0.25) is 5.91 Å². The molecule has 102 valence electrons. The van der Waals surface area contributed by atoms with Crippen LogP contribution in [-0.2, 0) is 9.53 Å². The zero-order valence-electron chi connectivity index (χ0n) is 10.8. The molecule has 1 aliphatic carbocycles. The molecule has 1 aliphatic heterocycles. The molecule has 0 radical (unpaired) electrons. The number of nitrogens with one attached hydrogen (secondary N) is 1. The Hall–Kier alpha value is -1.26. The van der Waals surface area contributed by atoms with Gasteiger partial charge in [-0.1, -0.05) is 19.3 Å². The van der Waals surface area contributed by atoms with E-state index in [0.717, 1.165) is 38.6 Å². The van der Waals surface area contributed by atoms with Gasteiger partial charge in [-0.2, -0.15) is 0 Å². The summed E-state index contributed by atoms with van der Waals surface area (Å²) in [6, 6.07) is 0. The van der Waals surface area contributed by atoms with Crippen molar-refractivity contribution in [3.63, 3.8) is 0 Å². The van der Waals surface area contributed by atoms with Gasteiger partial charge >= 0.3 is 6.09 Å². The molecule has 0 atom stereocenters. The molecule has 1 saturated heterocycles. The minimum absolute atomic E-state index is 0.153. The van der Waals surface area contributed by atoms with Crippen LogP contribution in [0, 0.1) is 5.92 Å². The maximum Gasteiger partial charge on any atom is 0.409 e. The molecule has 1 N–H and O–H groups in total. The van der Waals surface area contributed by atoms with Crippen molar-refractivity contribution in [2.75, 3.05) is 26.2 Å². The van der Waals surface area contributed by atoms with E-state index >= 15 is 0 Å². The molecule has 0 bridgehead atoms. The van der Waals surface area contributed by atoms with Crippen molar-refractivity contribution in [1.29, 1.82) is 0 Å². The summed E-state index contributed by atoms with van der Waals surface area (Å²) in [7, 11) is 0. The summed E-state index contributed by atoms with van der Waals surface area (Å²) in [5.41, 5.74) is 0. The number of nitrogens with zero attached hydrogens (tertiary/aromatic N) is 1. The fraction of sp³-hybridized carbons (Fsp3) is 0.846. The van der Waals surface area contributed by atoms with Crippen LogP contribution < -0.4 is 5.32 Å². The molecule has 18 heavy (non-hydrogen) atoms. The zero-order valence-corrected chi connectivity index (χ0v) is 10.8. The highest BCUT2D eigenvalue weighted by atomic mass is 16.6. The van der Waals surface area contributed by atoms with Crippen molar-refractivity contribution in [2.45, 2.75) is 38.5 Å². The number of carbonyl (C=O) groups is 2. The van der Waals surface area contributed by atoms with E-state index in [0.29, 0.717) is 19.7 Å². The minimum atomic E-state index is -0.256. The molecule has 0 aromatic heterocycles. The van der Waals surface area contributed by atoms with E-state index in [9.17, 15) is 9.59 Å². The normalized spacial score (nSPS) is 21.6. The number of hydrogen-bond acceptors (Lipinski definition) is 3. The van der Waals surface area contributed by atoms with Crippen LogP contribution in [0.25, 0.3) is 0 Å². The van der Waals surface area contributed by atoms with Gasteiger partial charge in [0, 0.05) is 25.6 Å². The fourth-order valence-corrected chi connectivity index (χ4v) is 2.62. The van der Waals surface area contributed by atoms with Crippen molar-refractivity contribution >= 4 is 12.0 Å². The average Bonchev–Trinajstić information content (AvgIpc) is 2.42. The summed E-state index contributed by atoms with van der Waals surface area (Å²) >= 11 is 0. The standard InChI is InChI=1S/C13H22N2O3/c16-12(11-5-2-1-3-6-11)14-7-9-15-8-4-10-18-13(15)17/h11H,1-10H2,(H,14,16). The Morgan fingerprint density at radius 1 is 1.28 bits per heavy atom. The van der Waals surface area contributed by atoms with E-state index in [4.69, 9.17) is 4.74 Å². The monoisotopic (exact) mass is 254 g/mol. The topological polar surface area (TPSA) is 58.6 Å². The van der Waals surface area contributed by atoms with E-state index in [1.165, 1.54) is 6.42 Å². The summed E-state index contributed by atoms with van der Waals surface area (Å²) in [6.45, 7) is 2.34. The van der Waals surface area contributed by atoms with Gasteiger partial charge in [-0.3, -0.25) is 4.79 Å². The SMILES string of the molecule is O=C(NCCN1CCCOC1=O)C1CCCCC1. The summed E-state index contributed by atoms with van der Waals surface area (Å²) in [5, 5.41) is 2.93. The quantitative estimate of drug-likeness (QED) is 0.827. The van der Waals surface area contributed by atoms with Gasteiger partial charge in [0.1, 0.15) is 0 Å². The lowest BCUT2D eigenvalue weighted by Gasteiger charge is -2.27. The molecule has 2 aliphatic rings. The van der Waals surface area contributed by atoms with Crippen molar-refractivity contribution < 1.29 is 14.3 Å². The summed E-state index contributed by atoms with van der Waals surface area (Å²) in [6.07, 6.45) is 6.22. The van der Waals surface area contributed by atoms with Crippen molar-refractivity contribution in [3.8, 4) is 0 Å². The lowest BCUT2D eigenvalue weighted by Crippen LogP contribution is -2.43. The predicted octanol–water partition coefficient (Wildman–Crippen LogP) is 1.53. The zero-order chi connectivity index (χ0) is 12.8. The molecular weight excluding hydrogens is 232 g/mol. The van der Waals surface area contributed by atoms with Crippen LogP contribution in [0.5, 0.6) is 0 Å². The molecular formula is C13H22N2O3. The second-order valence-corrected chi connectivity index (χ2v) is 5.08. The molecule has 1 saturated carbocycles. The van der Waals surface area contributed by atoms with Gasteiger partial charge in [0.05, 0.1) is 6.61 Å². The Kier molecular flexibility index (Phi) is 4.84. The average molecular weight is 254 g/mol. The van der Waals surface area contributed by atoms with Crippen LogP contribution in [0.3, 0.4) is 0 Å². The molecule has 5 nitrogen and oxygen atoms in total. The molecule has 2 fully saturated rings. The molecule has 0 unspecified atom stereocenters. The van der Waals surface area contributed by atoms with Gasteiger partial charge in [0.15, 0.2) is 0 Å². The number of hydrogen-bond donors (Lipinski definition) is 1. The summed E-state index contributed by atoms with van der Waals surface area (Å²) in [5.74, 6) is 0.340. The third-order valence-electron chi connectivity index (χ3n) is 3.71. The maximum atomic E-state index is 11.9. The van der Waals surface area contributed by atoms with Gasteiger partial charge in [0.25, 0.3) is 0 Å². The molecule has 2 rings (SSSR count). The van der Waals surface area contributed by atoms with E-state index in [1.807, 2.05) is 0 Å². The summed E-state index contributed by atoms with van der Waals surface area (Å²) in [4.78, 5) is 24.9. The van der Waals surface area contributed by atoms with Crippen molar-refractivity contribution in [3.05, 3.63) is 0 Å². The lowest BCUT2D eigenvalue weighted by molar-refractivity contribution is -0.126. The van der Waals surface area contributed by atoms with Crippen LogP contribution in [0.1, 0.15) is 38.5 Å². The van der Waals surface area contributed by atoms with Gasteiger partial charge < -0.3 is 15.0 Å². The molecule has 2 amide bonds. The third-order valence-corrected chi connectivity index (χ3v) is 3.71. The largest absolute Gasteiger partial charge is 0.449 e. The van der Waals surface area contributed by atoms with E-state index in [1.54, 1.807) is 4.90 Å². The van der Waals surface area contributed by atoms with Gasteiger partial charge in [-0.15, -0.1) is 0 Å². The number of carbonyl (C=O) groups excluding carboxylic acids is 2. The first-order chi connectivity index (χ1) is 8.77. The Morgan fingerprint density at radius 3 is 2.78 bits per heavy atom. The second-order valence-electron chi connectivity index (χ2n) is 5.08. The molecule has 0 aromatic rings. The van der Waals surface area contributed by atoms with Crippen LogP contribution >= 0.6 is 0 Å². The highest BCUT2D eigenvalue weighted by molar-refractivity contribution is 5.78. The molecule has 0 aromatic carbocycles. The molecule has 1 heterocycles. The van der Waals surface area contributed by atoms with Crippen LogP contribution in [0.15, 0.2) is 0 Å². The number of rotatable bonds is 4. The smallest absolute Gasteiger partial charge is 0.409 e. The van der Waals surface area contributed by atoms with Crippen molar-refractivity contribution in [2.24, 2.45) is 5.92 Å². The Bertz CT molecular complexity index is 301. The van der Waals surface area contributed by atoms with Crippen LogP contribution in [-0.4, -0.2) is 43.1 Å². The van der Waals surface area contributed by atoms with E-state index < -0.39 is 0 Å². The Balaban J connectivity index is 1.64. The fourth-order valence-electron chi connectivity index (χ4n) is 2.62. The van der Waals surface area contributed by atoms with Crippen LogP contribution in [0.4, 0.5) is 4.79 Å². The Labute approximate surface area is 108 Å². The van der Waals surface area contributed by atoms with Crippen molar-refractivity contribution in [1.82, 2.24) is 10.2 Å². The highest BCUT2D eigenvalue weighted by Crippen LogP contribution is 2.23. The number of cyclic esters (lactones) is 1. The Morgan fingerprint density at radius 2 is 2.06 bits per heavy atom. The first-order valence-electron chi connectivity index (χ1n) is 6.97. The molecule has 5 heteroatoms. The number of amides is 2. The number of ether oxygens (including phenoxy) is 1. The minimum Gasteiger partial charge on any atom is -0.449 e. The predicted molar refractivity (Wildman–Crippen MR) is 67.1 cm³/mol.